The first-order valence-corrected chi connectivity index (χ1v) is 5.95. The van der Waals surface area contributed by atoms with E-state index < -0.39 is 4.92 Å². The molecule has 8 heteroatoms. The predicted molar refractivity (Wildman–Crippen MR) is 70.9 cm³/mol. The number of oxime groups is 1. The summed E-state index contributed by atoms with van der Waals surface area (Å²) in [4.78, 5) is 10.00. The highest BCUT2D eigenvalue weighted by atomic mass is 35.5. The van der Waals surface area contributed by atoms with Crippen molar-refractivity contribution in [3.05, 3.63) is 33.3 Å². The van der Waals surface area contributed by atoms with E-state index in [-0.39, 0.29) is 16.5 Å². The van der Waals surface area contributed by atoms with E-state index >= 15 is 0 Å². The molecule has 0 heterocycles. The molecule has 0 fully saturated rings. The largest absolute Gasteiger partial charge is 0.492 e. The Hall–Kier alpha value is -2.02. The summed E-state index contributed by atoms with van der Waals surface area (Å²) in [5, 5.41) is 21.9. The van der Waals surface area contributed by atoms with Crippen molar-refractivity contribution >= 4 is 23.1 Å². The van der Waals surface area contributed by atoms with Gasteiger partial charge in [0.1, 0.15) is 11.6 Å². The van der Waals surface area contributed by atoms with Gasteiger partial charge in [-0.25, -0.2) is 0 Å². The van der Waals surface area contributed by atoms with Gasteiger partial charge >= 0.3 is 0 Å². The molecule has 0 unspecified atom stereocenters. The van der Waals surface area contributed by atoms with Gasteiger partial charge in [0.25, 0.3) is 5.69 Å². The number of rotatable bonds is 7. The molecule has 0 saturated heterocycles. The van der Waals surface area contributed by atoms with Gasteiger partial charge in [-0.1, -0.05) is 16.8 Å². The normalized spacial score (nSPS) is 11.3. The average molecular weight is 288 g/mol. The SMILES string of the molecule is N/C(CCCCOc1ccc([N+](=O)[O-])cc1Cl)=N/O. The van der Waals surface area contributed by atoms with E-state index in [0.29, 0.717) is 31.6 Å². The molecule has 0 saturated carbocycles. The first-order valence-electron chi connectivity index (χ1n) is 5.57. The molecule has 0 aliphatic rings. The number of nitrogens with zero attached hydrogens (tertiary/aromatic N) is 2. The molecule has 0 aliphatic carbocycles. The predicted octanol–water partition coefficient (Wildman–Crippen LogP) is 2.54. The first-order chi connectivity index (χ1) is 9.04. The quantitative estimate of drug-likeness (QED) is 0.200. The number of hydrogen-bond acceptors (Lipinski definition) is 5. The van der Waals surface area contributed by atoms with Crippen molar-refractivity contribution in [2.75, 3.05) is 6.61 Å². The summed E-state index contributed by atoms with van der Waals surface area (Å²) in [7, 11) is 0. The Morgan fingerprint density at radius 3 is 2.84 bits per heavy atom. The lowest BCUT2D eigenvalue weighted by Crippen LogP contribution is -2.11. The van der Waals surface area contributed by atoms with Crippen molar-refractivity contribution in [1.82, 2.24) is 0 Å². The third-order valence-electron chi connectivity index (χ3n) is 2.34. The molecule has 1 rings (SSSR count). The molecule has 0 amide bonds. The fourth-order valence-corrected chi connectivity index (χ4v) is 1.59. The van der Waals surface area contributed by atoms with Gasteiger partial charge in [0.05, 0.1) is 16.6 Å². The van der Waals surface area contributed by atoms with Gasteiger partial charge in [-0.3, -0.25) is 10.1 Å². The molecule has 0 aromatic heterocycles. The summed E-state index contributed by atoms with van der Waals surface area (Å²) < 4.78 is 5.39. The number of unbranched alkanes of at least 4 members (excludes halogenated alkanes) is 1. The van der Waals surface area contributed by atoms with Crippen LogP contribution >= 0.6 is 11.6 Å². The van der Waals surface area contributed by atoms with E-state index in [1.54, 1.807) is 0 Å². The Labute approximate surface area is 114 Å². The van der Waals surface area contributed by atoms with Crippen LogP contribution in [0.1, 0.15) is 19.3 Å². The first kappa shape index (κ1) is 15.0. The fourth-order valence-electron chi connectivity index (χ4n) is 1.36. The molecule has 1 aromatic rings. The van der Waals surface area contributed by atoms with Crippen molar-refractivity contribution in [3.63, 3.8) is 0 Å². The van der Waals surface area contributed by atoms with Crippen LogP contribution in [-0.4, -0.2) is 22.6 Å². The minimum absolute atomic E-state index is 0.0794. The Kier molecular flexibility index (Phi) is 5.87. The summed E-state index contributed by atoms with van der Waals surface area (Å²) in [5.41, 5.74) is 5.23. The number of ether oxygens (including phenoxy) is 1. The summed E-state index contributed by atoms with van der Waals surface area (Å²) in [6.45, 7) is 0.399. The molecule has 0 spiro atoms. The Balaban J connectivity index is 2.40. The smallest absolute Gasteiger partial charge is 0.271 e. The topological polar surface area (TPSA) is 111 Å². The Bertz CT molecular complexity index is 479. The lowest BCUT2D eigenvalue weighted by molar-refractivity contribution is -0.384. The van der Waals surface area contributed by atoms with Crippen LogP contribution in [0.2, 0.25) is 5.02 Å². The van der Waals surface area contributed by atoms with E-state index in [1.807, 2.05) is 0 Å². The summed E-state index contributed by atoms with van der Waals surface area (Å²) >= 11 is 5.86. The zero-order chi connectivity index (χ0) is 14.3. The molecule has 0 radical (unpaired) electrons. The lowest BCUT2D eigenvalue weighted by Gasteiger charge is -2.07. The molecule has 3 N–H and O–H groups in total. The molecule has 0 aliphatic heterocycles. The van der Waals surface area contributed by atoms with Gasteiger partial charge in [-0.05, 0) is 18.9 Å². The summed E-state index contributed by atoms with van der Waals surface area (Å²) in [6.07, 6.45) is 1.89. The second-order valence-corrected chi connectivity index (χ2v) is 4.18. The van der Waals surface area contributed by atoms with Crippen LogP contribution in [0.15, 0.2) is 23.4 Å². The van der Waals surface area contributed by atoms with Crippen LogP contribution in [0.4, 0.5) is 5.69 Å². The molecule has 0 bridgehead atoms. The fraction of sp³-hybridized carbons (Fsp3) is 0.364. The maximum Gasteiger partial charge on any atom is 0.271 e. The van der Waals surface area contributed by atoms with Crippen LogP contribution in [0, 0.1) is 10.1 Å². The maximum absolute atomic E-state index is 10.5. The van der Waals surface area contributed by atoms with Gasteiger partial charge < -0.3 is 15.7 Å². The van der Waals surface area contributed by atoms with Crippen molar-refractivity contribution in [1.29, 1.82) is 0 Å². The highest BCUT2D eigenvalue weighted by molar-refractivity contribution is 6.32. The second kappa shape index (κ2) is 7.42. The van der Waals surface area contributed by atoms with Gasteiger partial charge in [0.15, 0.2) is 0 Å². The van der Waals surface area contributed by atoms with Crippen LogP contribution < -0.4 is 10.5 Å². The zero-order valence-electron chi connectivity index (χ0n) is 10.1. The van der Waals surface area contributed by atoms with Gasteiger partial charge in [0.2, 0.25) is 0 Å². The number of nitro groups is 1. The number of nitrogens with two attached hydrogens (primary N) is 1. The van der Waals surface area contributed by atoms with E-state index in [2.05, 4.69) is 5.16 Å². The van der Waals surface area contributed by atoms with E-state index in [1.165, 1.54) is 18.2 Å². The standard InChI is InChI=1S/C11H14ClN3O4/c12-9-7-8(15(17)18)4-5-10(9)19-6-2-1-3-11(13)14-16/h4-5,7,16H,1-3,6H2,(H2,13,14). The van der Waals surface area contributed by atoms with Crippen LogP contribution in [0.25, 0.3) is 0 Å². The summed E-state index contributed by atoms with van der Waals surface area (Å²) in [5.74, 6) is 0.574. The highest BCUT2D eigenvalue weighted by Crippen LogP contribution is 2.28. The van der Waals surface area contributed by atoms with Crippen LogP contribution in [-0.2, 0) is 0 Å². The van der Waals surface area contributed by atoms with Crippen molar-refractivity contribution in [3.8, 4) is 5.75 Å². The Morgan fingerprint density at radius 2 is 2.26 bits per heavy atom. The molecule has 104 valence electrons. The molecule has 0 atom stereocenters. The summed E-state index contributed by atoms with van der Waals surface area (Å²) in [6, 6.07) is 4.04. The number of nitro benzene ring substituents is 1. The lowest BCUT2D eigenvalue weighted by atomic mass is 10.2. The molecular weight excluding hydrogens is 274 g/mol. The van der Waals surface area contributed by atoms with E-state index in [0.717, 1.165) is 0 Å². The van der Waals surface area contributed by atoms with Gasteiger partial charge in [0, 0.05) is 18.6 Å². The highest BCUT2D eigenvalue weighted by Gasteiger charge is 2.09. The minimum Gasteiger partial charge on any atom is -0.492 e. The maximum atomic E-state index is 10.5. The number of hydrogen-bond donors (Lipinski definition) is 2. The molecule has 1 aromatic carbocycles. The van der Waals surface area contributed by atoms with Crippen molar-refractivity contribution in [2.45, 2.75) is 19.3 Å². The number of amidine groups is 1. The van der Waals surface area contributed by atoms with Crippen molar-refractivity contribution < 1.29 is 14.9 Å². The number of benzene rings is 1. The monoisotopic (exact) mass is 287 g/mol. The minimum atomic E-state index is -0.521. The van der Waals surface area contributed by atoms with Gasteiger partial charge in [-0.2, -0.15) is 0 Å². The molecule has 19 heavy (non-hydrogen) atoms. The van der Waals surface area contributed by atoms with Crippen LogP contribution in [0.3, 0.4) is 0 Å². The van der Waals surface area contributed by atoms with Gasteiger partial charge in [-0.15, -0.1) is 0 Å². The van der Waals surface area contributed by atoms with Crippen molar-refractivity contribution in [2.24, 2.45) is 10.9 Å². The van der Waals surface area contributed by atoms with Crippen LogP contribution in [0.5, 0.6) is 5.75 Å². The average Bonchev–Trinajstić information content (AvgIpc) is 2.39. The number of halogens is 1. The Morgan fingerprint density at radius 1 is 1.53 bits per heavy atom. The zero-order valence-corrected chi connectivity index (χ0v) is 10.8. The molecular formula is C11H14ClN3O4. The third kappa shape index (κ3) is 5.01. The second-order valence-electron chi connectivity index (χ2n) is 3.77. The third-order valence-corrected chi connectivity index (χ3v) is 2.63. The number of non-ortho nitro benzene ring substituents is 1. The molecule has 7 nitrogen and oxygen atoms in total. The van der Waals surface area contributed by atoms with E-state index in [4.69, 9.17) is 27.3 Å². The van der Waals surface area contributed by atoms with E-state index in [9.17, 15) is 10.1 Å².